The number of carbonyl (C=O) groups is 2. The molecule has 1 aliphatic heterocycles. The number of amides is 2. The van der Waals surface area contributed by atoms with Gasteiger partial charge in [0.25, 0.3) is 0 Å². The van der Waals surface area contributed by atoms with E-state index < -0.39 is 0 Å². The van der Waals surface area contributed by atoms with E-state index in [4.69, 9.17) is 11.6 Å². The van der Waals surface area contributed by atoms with E-state index in [1.807, 2.05) is 17.0 Å². The normalized spacial score (nSPS) is 20.0. The highest BCUT2D eigenvalue weighted by Gasteiger charge is 2.31. The highest BCUT2D eigenvalue weighted by Crippen LogP contribution is 2.28. The van der Waals surface area contributed by atoms with E-state index in [9.17, 15) is 9.59 Å². The summed E-state index contributed by atoms with van der Waals surface area (Å²) in [5.41, 5.74) is 0.730. The van der Waals surface area contributed by atoms with Gasteiger partial charge in [0, 0.05) is 35.6 Å². The number of likely N-dealkylation sites (tertiary alicyclic amines) is 1. The number of piperidine rings is 1. The first-order valence-electron chi connectivity index (χ1n) is 8.99. The molecule has 1 N–H and O–H groups in total. The van der Waals surface area contributed by atoms with Crippen LogP contribution >= 0.6 is 11.6 Å². The van der Waals surface area contributed by atoms with Crippen LogP contribution in [0.4, 0.5) is 5.69 Å². The second-order valence-electron chi connectivity index (χ2n) is 6.93. The van der Waals surface area contributed by atoms with Gasteiger partial charge in [-0.15, -0.1) is 0 Å². The third-order valence-corrected chi connectivity index (χ3v) is 5.46. The third-order valence-electron chi connectivity index (χ3n) is 5.22. The summed E-state index contributed by atoms with van der Waals surface area (Å²) in [7, 11) is 0. The predicted octanol–water partition coefficient (Wildman–Crippen LogP) is 4.10. The lowest BCUT2D eigenvalue weighted by Gasteiger charge is -2.34. The number of benzene rings is 1. The van der Waals surface area contributed by atoms with Gasteiger partial charge >= 0.3 is 0 Å². The molecule has 130 valence electrons. The van der Waals surface area contributed by atoms with E-state index in [0.29, 0.717) is 24.0 Å². The summed E-state index contributed by atoms with van der Waals surface area (Å²) in [4.78, 5) is 26.9. The van der Waals surface area contributed by atoms with Crippen LogP contribution in [0.2, 0.25) is 5.02 Å². The molecule has 1 aromatic carbocycles. The quantitative estimate of drug-likeness (QED) is 0.894. The number of hydrogen-bond donors (Lipinski definition) is 1. The standard InChI is InChI=1S/C19H25ClN2O2/c20-16-7-4-8-17(13-16)21-18(23)14-9-11-22(12-10-14)19(24)15-5-2-1-3-6-15/h4,7-8,13-15H,1-3,5-6,9-12H2,(H,21,23). The molecule has 1 heterocycles. The molecule has 0 unspecified atom stereocenters. The third kappa shape index (κ3) is 4.29. The molecule has 3 rings (SSSR count). The van der Waals surface area contributed by atoms with Gasteiger partial charge in [0.05, 0.1) is 0 Å². The van der Waals surface area contributed by atoms with Crippen molar-refractivity contribution in [3.05, 3.63) is 29.3 Å². The van der Waals surface area contributed by atoms with Crippen LogP contribution in [-0.2, 0) is 9.59 Å². The lowest BCUT2D eigenvalue weighted by atomic mass is 9.87. The molecule has 1 saturated carbocycles. The van der Waals surface area contributed by atoms with Gasteiger partial charge in [-0.25, -0.2) is 0 Å². The van der Waals surface area contributed by atoms with Crippen LogP contribution in [0, 0.1) is 11.8 Å². The van der Waals surface area contributed by atoms with Crippen molar-refractivity contribution in [2.75, 3.05) is 18.4 Å². The Kier molecular flexibility index (Phi) is 5.77. The lowest BCUT2D eigenvalue weighted by Crippen LogP contribution is -2.44. The van der Waals surface area contributed by atoms with Crippen molar-refractivity contribution in [1.82, 2.24) is 4.90 Å². The first-order valence-corrected chi connectivity index (χ1v) is 9.36. The van der Waals surface area contributed by atoms with E-state index in [2.05, 4.69) is 5.32 Å². The van der Waals surface area contributed by atoms with E-state index >= 15 is 0 Å². The largest absolute Gasteiger partial charge is 0.342 e. The number of nitrogens with zero attached hydrogens (tertiary/aromatic N) is 1. The van der Waals surface area contributed by atoms with Gasteiger partial charge in [0.15, 0.2) is 0 Å². The van der Waals surface area contributed by atoms with Gasteiger partial charge < -0.3 is 10.2 Å². The molecule has 5 heteroatoms. The molecule has 2 amide bonds. The molecule has 0 spiro atoms. The molecule has 0 atom stereocenters. The molecular formula is C19H25ClN2O2. The maximum absolute atomic E-state index is 12.6. The number of nitrogens with one attached hydrogen (secondary N) is 1. The van der Waals surface area contributed by atoms with Crippen LogP contribution in [0.25, 0.3) is 0 Å². The van der Waals surface area contributed by atoms with Crippen molar-refractivity contribution in [1.29, 1.82) is 0 Å². The van der Waals surface area contributed by atoms with Crippen LogP contribution in [0.5, 0.6) is 0 Å². The number of carbonyl (C=O) groups excluding carboxylic acids is 2. The fraction of sp³-hybridized carbons (Fsp3) is 0.579. The van der Waals surface area contributed by atoms with Crippen molar-refractivity contribution >= 4 is 29.1 Å². The second-order valence-corrected chi connectivity index (χ2v) is 7.37. The number of hydrogen-bond acceptors (Lipinski definition) is 2. The van der Waals surface area contributed by atoms with Crippen molar-refractivity contribution < 1.29 is 9.59 Å². The highest BCUT2D eigenvalue weighted by molar-refractivity contribution is 6.30. The van der Waals surface area contributed by atoms with E-state index in [1.54, 1.807) is 12.1 Å². The molecule has 0 aromatic heterocycles. The second kappa shape index (κ2) is 8.02. The summed E-state index contributed by atoms with van der Waals surface area (Å²) in [5.74, 6) is 0.528. The van der Waals surface area contributed by atoms with Crippen LogP contribution in [0.1, 0.15) is 44.9 Å². The Morgan fingerprint density at radius 2 is 1.71 bits per heavy atom. The molecule has 1 aromatic rings. The number of rotatable bonds is 3. The number of anilines is 1. The van der Waals surface area contributed by atoms with E-state index in [0.717, 1.165) is 31.4 Å². The highest BCUT2D eigenvalue weighted by atomic mass is 35.5. The molecule has 24 heavy (non-hydrogen) atoms. The van der Waals surface area contributed by atoms with Gasteiger partial charge in [0.2, 0.25) is 11.8 Å². The molecule has 1 aliphatic carbocycles. The van der Waals surface area contributed by atoms with Crippen LogP contribution in [-0.4, -0.2) is 29.8 Å². The zero-order chi connectivity index (χ0) is 16.9. The molecule has 2 aliphatic rings. The minimum atomic E-state index is -0.0283. The molecular weight excluding hydrogens is 324 g/mol. The van der Waals surface area contributed by atoms with E-state index in [-0.39, 0.29) is 17.7 Å². The summed E-state index contributed by atoms with van der Waals surface area (Å²) < 4.78 is 0. The zero-order valence-electron chi connectivity index (χ0n) is 14.0. The van der Waals surface area contributed by atoms with Gasteiger partial charge in [-0.3, -0.25) is 9.59 Å². The minimum Gasteiger partial charge on any atom is -0.342 e. The topological polar surface area (TPSA) is 49.4 Å². The van der Waals surface area contributed by atoms with Gasteiger partial charge in [-0.1, -0.05) is 36.9 Å². The fourth-order valence-electron chi connectivity index (χ4n) is 3.78. The first-order chi connectivity index (χ1) is 11.6. The average molecular weight is 349 g/mol. The Bertz CT molecular complexity index is 591. The van der Waals surface area contributed by atoms with Crippen LogP contribution in [0.15, 0.2) is 24.3 Å². The first kappa shape index (κ1) is 17.3. The minimum absolute atomic E-state index is 0.0283. The molecule has 0 radical (unpaired) electrons. The summed E-state index contributed by atoms with van der Waals surface area (Å²) >= 11 is 5.95. The van der Waals surface area contributed by atoms with Gasteiger partial charge in [-0.05, 0) is 43.9 Å². The summed E-state index contributed by atoms with van der Waals surface area (Å²) in [6, 6.07) is 7.20. The van der Waals surface area contributed by atoms with Crippen molar-refractivity contribution in [3.63, 3.8) is 0 Å². The van der Waals surface area contributed by atoms with Crippen molar-refractivity contribution in [2.24, 2.45) is 11.8 Å². The fourth-order valence-corrected chi connectivity index (χ4v) is 3.97. The molecule has 4 nitrogen and oxygen atoms in total. The summed E-state index contributed by atoms with van der Waals surface area (Å²) in [6.45, 7) is 1.39. The Balaban J connectivity index is 1.49. The Labute approximate surface area is 148 Å². The van der Waals surface area contributed by atoms with Crippen molar-refractivity contribution in [2.45, 2.75) is 44.9 Å². The van der Waals surface area contributed by atoms with Gasteiger partial charge in [-0.2, -0.15) is 0 Å². The summed E-state index contributed by atoms with van der Waals surface area (Å²) in [5, 5.41) is 3.54. The Hall–Kier alpha value is -1.55. The average Bonchev–Trinajstić information content (AvgIpc) is 2.62. The van der Waals surface area contributed by atoms with Crippen molar-refractivity contribution in [3.8, 4) is 0 Å². The SMILES string of the molecule is O=C(Nc1cccc(Cl)c1)C1CCN(C(=O)C2CCCCC2)CC1. The zero-order valence-corrected chi connectivity index (χ0v) is 14.7. The molecule has 1 saturated heterocycles. The number of halogens is 1. The smallest absolute Gasteiger partial charge is 0.227 e. The van der Waals surface area contributed by atoms with E-state index in [1.165, 1.54) is 19.3 Å². The van der Waals surface area contributed by atoms with Gasteiger partial charge in [0.1, 0.15) is 0 Å². The predicted molar refractivity (Wildman–Crippen MR) is 96.0 cm³/mol. The Morgan fingerprint density at radius 1 is 1.00 bits per heavy atom. The monoisotopic (exact) mass is 348 g/mol. The maximum Gasteiger partial charge on any atom is 0.227 e. The Morgan fingerprint density at radius 3 is 2.38 bits per heavy atom. The summed E-state index contributed by atoms with van der Waals surface area (Å²) in [6.07, 6.45) is 7.16. The molecule has 2 fully saturated rings. The van der Waals surface area contributed by atoms with Crippen LogP contribution < -0.4 is 5.32 Å². The molecule has 0 bridgehead atoms. The maximum atomic E-state index is 12.6. The lowest BCUT2D eigenvalue weighted by molar-refractivity contribution is -0.139. The van der Waals surface area contributed by atoms with Crippen LogP contribution in [0.3, 0.4) is 0 Å².